The highest BCUT2D eigenvalue weighted by Gasteiger charge is 2.32. The summed E-state index contributed by atoms with van der Waals surface area (Å²) in [6.07, 6.45) is 0.484. The molecule has 0 aliphatic carbocycles. The van der Waals surface area contributed by atoms with E-state index in [2.05, 4.69) is 15.9 Å². The van der Waals surface area contributed by atoms with Crippen LogP contribution in [0.15, 0.2) is 16.6 Å². The van der Waals surface area contributed by atoms with Crippen LogP contribution in [0.2, 0.25) is 5.02 Å². The molecule has 20 heavy (non-hydrogen) atoms. The molecule has 1 amide bonds. The average molecular weight is 377 g/mol. The first-order valence-electron chi connectivity index (χ1n) is 6.28. The molecule has 1 aromatic carbocycles. The maximum absolute atomic E-state index is 12.1. The van der Waals surface area contributed by atoms with Crippen LogP contribution in [-0.2, 0) is 9.59 Å². The topological polar surface area (TPSA) is 37.4 Å². The third-order valence-corrected chi connectivity index (χ3v) is 5.33. The van der Waals surface area contributed by atoms with Crippen molar-refractivity contribution in [3.63, 3.8) is 0 Å². The van der Waals surface area contributed by atoms with Gasteiger partial charge in [-0.2, -0.15) is 0 Å². The van der Waals surface area contributed by atoms with Gasteiger partial charge in [-0.05, 0) is 46.5 Å². The number of aryl methyl sites for hydroxylation is 1. The van der Waals surface area contributed by atoms with Gasteiger partial charge < -0.3 is 4.90 Å². The summed E-state index contributed by atoms with van der Waals surface area (Å²) in [7, 11) is 0. The maximum Gasteiger partial charge on any atom is 0.227 e. The second-order valence-corrected chi connectivity index (χ2v) is 7.39. The van der Waals surface area contributed by atoms with E-state index in [1.54, 1.807) is 11.8 Å². The molecule has 1 atom stereocenters. The van der Waals surface area contributed by atoms with Crippen LogP contribution in [0, 0.1) is 12.8 Å². The summed E-state index contributed by atoms with van der Waals surface area (Å²) >= 11 is 10.9. The fourth-order valence-electron chi connectivity index (χ4n) is 2.20. The van der Waals surface area contributed by atoms with Gasteiger partial charge in [0, 0.05) is 35.1 Å². The minimum absolute atomic E-state index is 0.0831. The standard InChI is InChI=1S/C14H15BrClNO2S/c1-8-3-11(15)13(5-12(8)16)17-6-10(4-14(17)19)7-20-9(2)18/h3,5,10H,4,6-7H2,1-2H3. The first kappa shape index (κ1) is 15.9. The van der Waals surface area contributed by atoms with Crippen LogP contribution < -0.4 is 4.90 Å². The molecular formula is C14H15BrClNO2S. The lowest BCUT2D eigenvalue weighted by atomic mass is 10.1. The third-order valence-electron chi connectivity index (χ3n) is 3.25. The fraction of sp³-hybridized carbons (Fsp3) is 0.429. The highest BCUT2D eigenvalue weighted by Crippen LogP contribution is 2.36. The number of carbonyl (C=O) groups excluding carboxylic acids is 2. The second-order valence-electron chi connectivity index (χ2n) is 4.93. The molecule has 0 saturated carbocycles. The van der Waals surface area contributed by atoms with E-state index in [0.29, 0.717) is 23.7 Å². The Kier molecular flexibility index (Phi) is 5.15. The van der Waals surface area contributed by atoms with Crippen molar-refractivity contribution >= 4 is 56.0 Å². The van der Waals surface area contributed by atoms with E-state index in [1.165, 1.54) is 11.8 Å². The van der Waals surface area contributed by atoms with Crippen molar-refractivity contribution in [2.45, 2.75) is 20.3 Å². The van der Waals surface area contributed by atoms with E-state index >= 15 is 0 Å². The summed E-state index contributed by atoms with van der Waals surface area (Å²) in [6, 6.07) is 3.74. The van der Waals surface area contributed by atoms with E-state index in [0.717, 1.165) is 15.7 Å². The van der Waals surface area contributed by atoms with Gasteiger partial charge in [0.05, 0.1) is 5.69 Å². The fourth-order valence-corrected chi connectivity index (χ4v) is 3.73. The molecule has 3 nitrogen and oxygen atoms in total. The number of nitrogens with zero attached hydrogens (tertiary/aromatic N) is 1. The van der Waals surface area contributed by atoms with E-state index in [-0.39, 0.29) is 16.9 Å². The van der Waals surface area contributed by atoms with Crippen molar-refractivity contribution in [2.75, 3.05) is 17.2 Å². The van der Waals surface area contributed by atoms with Gasteiger partial charge in [0.25, 0.3) is 0 Å². The Labute approximate surface area is 136 Å². The summed E-state index contributed by atoms with van der Waals surface area (Å²) in [5, 5.41) is 0.744. The van der Waals surface area contributed by atoms with Crippen molar-refractivity contribution in [1.29, 1.82) is 0 Å². The largest absolute Gasteiger partial charge is 0.311 e. The van der Waals surface area contributed by atoms with Crippen LogP contribution in [0.1, 0.15) is 18.9 Å². The molecular weight excluding hydrogens is 362 g/mol. The SMILES string of the molecule is CC(=O)SCC1CC(=O)N(c2cc(Cl)c(C)cc2Br)C1. The van der Waals surface area contributed by atoms with Gasteiger partial charge in [-0.25, -0.2) is 0 Å². The van der Waals surface area contributed by atoms with Gasteiger partial charge in [-0.1, -0.05) is 23.4 Å². The number of hydrogen-bond donors (Lipinski definition) is 0. The van der Waals surface area contributed by atoms with E-state index < -0.39 is 0 Å². The van der Waals surface area contributed by atoms with Gasteiger partial charge in [0.15, 0.2) is 5.12 Å². The Hall–Kier alpha value is -0.520. The first-order valence-corrected chi connectivity index (χ1v) is 8.43. The van der Waals surface area contributed by atoms with E-state index in [9.17, 15) is 9.59 Å². The van der Waals surface area contributed by atoms with Crippen molar-refractivity contribution in [3.05, 3.63) is 27.2 Å². The Morgan fingerprint density at radius 2 is 2.25 bits per heavy atom. The number of thioether (sulfide) groups is 1. The van der Waals surface area contributed by atoms with Crippen molar-refractivity contribution in [1.82, 2.24) is 0 Å². The number of carbonyl (C=O) groups is 2. The van der Waals surface area contributed by atoms with Crippen molar-refractivity contribution in [2.24, 2.45) is 5.92 Å². The van der Waals surface area contributed by atoms with Crippen LogP contribution in [0.4, 0.5) is 5.69 Å². The van der Waals surface area contributed by atoms with Gasteiger partial charge in [0.1, 0.15) is 0 Å². The molecule has 1 aromatic rings. The predicted octanol–water partition coefficient (Wildman–Crippen LogP) is 4.04. The lowest BCUT2D eigenvalue weighted by molar-refractivity contribution is -0.117. The molecule has 1 fully saturated rings. The van der Waals surface area contributed by atoms with Gasteiger partial charge in [0.2, 0.25) is 5.91 Å². The predicted molar refractivity (Wildman–Crippen MR) is 87.5 cm³/mol. The number of hydrogen-bond acceptors (Lipinski definition) is 3. The number of rotatable bonds is 3. The van der Waals surface area contributed by atoms with Crippen LogP contribution in [0.3, 0.4) is 0 Å². The highest BCUT2D eigenvalue weighted by atomic mass is 79.9. The highest BCUT2D eigenvalue weighted by molar-refractivity contribution is 9.10. The number of anilines is 1. The molecule has 1 heterocycles. The normalized spacial score (nSPS) is 18.7. The molecule has 0 radical (unpaired) electrons. The smallest absolute Gasteiger partial charge is 0.227 e. The molecule has 2 rings (SSSR count). The molecule has 6 heteroatoms. The van der Waals surface area contributed by atoms with E-state index in [4.69, 9.17) is 11.6 Å². The van der Waals surface area contributed by atoms with Crippen LogP contribution >= 0.6 is 39.3 Å². The average Bonchev–Trinajstić information content (AvgIpc) is 2.72. The second kappa shape index (κ2) is 6.50. The summed E-state index contributed by atoms with van der Waals surface area (Å²) in [5.41, 5.74) is 1.78. The summed E-state index contributed by atoms with van der Waals surface area (Å²) in [5.74, 6) is 0.984. The van der Waals surface area contributed by atoms with Gasteiger partial charge >= 0.3 is 0 Å². The van der Waals surface area contributed by atoms with Crippen molar-refractivity contribution in [3.8, 4) is 0 Å². The zero-order valence-electron chi connectivity index (χ0n) is 11.3. The van der Waals surface area contributed by atoms with Gasteiger partial charge in [-0.3, -0.25) is 9.59 Å². The summed E-state index contributed by atoms with van der Waals surface area (Å²) in [4.78, 5) is 24.9. The van der Waals surface area contributed by atoms with Crippen LogP contribution in [-0.4, -0.2) is 23.3 Å². The Bertz CT molecular complexity index is 564. The Morgan fingerprint density at radius 3 is 2.90 bits per heavy atom. The lowest BCUT2D eigenvalue weighted by Gasteiger charge is -2.19. The lowest BCUT2D eigenvalue weighted by Crippen LogP contribution is -2.25. The van der Waals surface area contributed by atoms with E-state index in [1.807, 2.05) is 19.1 Å². The van der Waals surface area contributed by atoms with Gasteiger partial charge in [-0.15, -0.1) is 0 Å². The minimum Gasteiger partial charge on any atom is -0.311 e. The maximum atomic E-state index is 12.1. The molecule has 1 saturated heterocycles. The van der Waals surface area contributed by atoms with Crippen LogP contribution in [0.5, 0.6) is 0 Å². The van der Waals surface area contributed by atoms with Crippen LogP contribution in [0.25, 0.3) is 0 Å². The Balaban J connectivity index is 2.16. The molecule has 0 aromatic heterocycles. The summed E-state index contributed by atoms with van der Waals surface area (Å²) in [6.45, 7) is 4.11. The first-order chi connectivity index (χ1) is 9.38. The molecule has 0 N–H and O–H groups in total. The zero-order valence-corrected chi connectivity index (χ0v) is 14.4. The third kappa shape index (κ3) is 3.57. The molecule has 1 unspecified atom stereocenters. The molecule has 1 aliphatic heterocycles. The Morgan fingerprint density at radius 1 is 1.55 bits per heavy atom. The minimum atomic E-state index is 0.0831. The number of amides is 1. The van der Waals surface area contributed by atoms with Crippen molar-refractivity contribution < 1.29 is 9.59 Å². The number of halogens is 2. The molecule has 1 aliphatic rings. The quantitative estimate of drug-likeness (QED) is 0.799. The molecule has 0 bridgehead atoms. The number of benzene rings is 1. The molecule has 108 valence electrons. The summed E-state index contributed by atoms with van der Waals surface area (Å²) < 4.78 is 0.868. The monoisotopic (exact) mass is 375 g/mol. The zero-order chi connectivity index (χ0) is 14.9. The molecule has 0 spiro atoms.